The number of carbonyl (C=O) groups excluding carboxylic acids is 1. The predicted molar refractivity (Wildman–Crippen MR) is 99.4 cm³/mol. The van der Waals surface area contributed by atoms with Gasteiger partial charge in [0.2, 0.25) is 0 Å². The molecule has 4 atom stereocenters. The summed E-state index contributed by atoms with van der Waals surface area (Å²) in [6.45, 7) is 7.46. The monoisotopic (exact) mass is 372 g/mol. The fourth-order valence-electron chi connectivity index (χ4n) is 4.24. The van der Waals surface area contributed by atoms with Crippen LogP contribution in [0.5, 0.6) is 0 Å². The molecule has 0 saturated carbocycles. The molecule has 27 heavy (non-hydrogen) atoms. The number of esters is 1. The third kappa shape index (κ3) is 2.41. The Morgan fingerprint density at radius 1 is 1.48 bits per heavy atom. The van der Waals surface area contributed by atoms with Gasteiger partial charge in [-0.1, -0.05) is 13.8 Å². The van der Waals surface area contributed by atoms with Gasteiger partial charge in [0.15, 0.2) is 11.7 Å². The number of hydrazone groups is 1. The molecule has 4 rings (SSSR count). The molecule has 0 unspecified atom stereocenters. The van der Waals surface area contributed by atoms with Gasteiger partial charge in [-0.3, -0.25) is 4.79 Å². The molecule has 9 nitrogen and oxygen atoms in total. The van der Waals surface area contributed by atoms with E-state index < -0.39 is 11.7 Å². The molecule has 144 valence electrons. The molecule has 0 radical (unpaired) electrons. The van der Waals surface area contributed by atoms with E-state index in [1.54, 1.807) is 16.6 Å². The zero-order valence-electron chi connectivity index (χ0n) is 16.1. The minimum Gasteiger partial charge on any atom is -0.456 e. The van der Waals surface area contributed by atoms with E-state index in [4.69, 9.17) is 15.2 Å². The van der Waals surface area contributed by atoms with Crippen LogP contribution in [-0.4, -0.2) is 45.2 Å². The number of carbonyl (C=O) groups is 1. The van der Waals surface area contributed by atoms with Crippen LogP contribution in [0.15, 0.2) is 17.5 Å². The molecule has 0 spiro atoms. The minimum absolute atomic E-state index is 0.0190. The Morgan fingerprint density at radius 2 is 2.22 bits per heavy atom. The number of amidine groups is 1. The number of rotatable bonds is 3. The smallest absolute Gasteiger partial charge is 0.303 e. The Hall–Kier alpha value is -2.68. The van der Waals surface area contributed by atoms with Crippen molar-refractivity contribution in [3.8, 4) is 0 Å². The highest BCUT2D eigenvalue weighted by molar-refractivity contribution is 6.08. The van der Waals surface area contributed by atoms with Crippen LogP contribution in [0, 0.1) is 5.92 Å². The van der Waals surface area contributed by atoms with Crippen molar-refractivity contribution in [2.75, 3.05) is 12.1 Å². The molecular weight excluding hydrogens is 348 g/mol. The summed E-state index contributed by atoms with van der Waals surface area (Å²) in [5, 5.41) is 10.4. The van der Waals surface area contributed by atoms with Crippen molar-refractivity contribution in [3.63, 3.8) is 0 Å². The molecule has 4 heterocycles. The van der Waals surface area contributed by atoms with Crippen LogP contribution < -0.4 is 10.7 Å². The molecule has 0 aromatic carbocycles. The van der Waals surface area contributed by atoms with E-state index in [0.29, 0.717) is 11.7 Å². The van der Waals surface area contributed by atoms with Crippen molar-refractivity contribution in [1.82, 2.24) is 14.6 Å². The third-order valence-corrected chi connectivity index (χ3v) is 5.73. The average Bonchev–Trinajstić information content (AvgIpc) is 3.10. The van der Waals surface area contributed by atoms with Crippen LogP contribution in [0.25, 0.3) is 5.52 Å². The standard InChI is InChI=1S/C18H24N6O3/c1-6-13-9(2)18(4,27-10(3)25)15(26-13)12-7-11-14-17(20-8-21-24(12)14)23(5)22-16(11)19/h7-9,13,15H,6H2,1-5H3,(H2,19,22)/t9-,13-,15+,18-/m1/s1. The number of aromatic nitrogens is 3. The lowest BCUT2D eigenvalue weighted by molar-refractivity contribution is -0.165. The van der Waals surface area contributed by atoms with Gasteiger partial charge >= 0.3 is 5.97 Å². The molecule has 0 aliphatic carbocycles. The Bertz CT molecular complexity index is 954. The topological polar surface area (TPSA) is 107 Å². The fourth-order valence-corrected chi connectivity index (χ4v) is 4.24. The SMILES string of the molecule is CC[C@H]1O[C@@H](c2cc3c4c(ncnn24)N(C)N=C3N)[C@](C)(OC(C)=O)[C@@H]1C. The number of anilines is 1. The molecule has 2 aromatic rings. The van der Waals surface area contributed by atoms with Crippen molar-refractivity contribution < 1.29 is 14.3 Å². The first-order chi connectivity index (χ1) is 12.8. The van der Waals surface area contributed by atoms with E-state index >= 15 is 0 Å². The van der Waals surface area contributed by atoms with E-state index in [1.165, 1.54) is 13.3 Å². The summed E-state index contributed by atoms with van der Waals surface area (Å²) in [6, 6.07) is 1.91. The number of nitrogens with two attached hydrogens (primary N) is 1. The van der Waals surface area contributed by atoms with E-state index in [2.05, 4.69) is 29.0 Å². The van der Waals surface area contributed by atoms with E-state index in [-0.39, 0.29) is 18.0 Å². The predicted octanol–water partition coefficient (Wildman–Crippen LogP) is 1.61. The number of nitrogens with zero attached hydrogens (tertiary/aromatic N) is 5. The van der Waals surface area contributed by atoms with Gasteiger partial charge in [-0.25, -0.2) is 14.5 Å². The largest absolute Gasteiger partial charge is 0.456 e. The van der Waals surface area contributed by atoms with Crippen LogP contribution in [0.2, 0.25) is 0 Å². The summed E-state index contributed by atoms with van der Waals surface area (Å²) in [5.74, 6) is 0.727. The van der Waals surface area contributed by atoms with Crippen molar-refractivity contribution >= 4 is 23.1 Å². The van der Waals surface area contributed by atoms with Gasteiger partial charge < -0.3 is 15.2 Å². The molecule has 1 saturated heterocycles. The minimum atomic E-state index is -0.824. The maximum atomic E-state index is 11.9. The molecule has 0 amide bonds. The Kier molecular flexibility index (Phi) is 3.88. The molecule has 1 fully saturated rings. The lowest BCUT2D eigenvalue weighted by atomic mass is 9.83. The number of hydrogen-bond acceptors (Lipinski definition) is 8. The number of ether oxygens (including phenoxy) is 2. The van der Waals surface area contributed by atoms with Crippen molar-refractivity contribution in [3.05, 3.63) is 23.7 Å². The lowest BCUT2D eigenvalue weighted by Crippen LogP contribution is -2.41. The second kappa shape index (κ2) is 5.91. The molecular formula is C18H24N6O3. The normalized spacial score (nSPS) is 29.9. The highest BCUT2D eigenvalue weighted by Crippen LogP contribution is 2.49. The van der Waals surface area contributed by atoms with E-state index in [9.17, 15) is 4.79 Å². The first-order valence-electron chi connectivity index (χ1n) is 9.07. The second-order valence-electron chi connectivity index (χ2n) is 7.36. The molecule has 2 aliphatic rings. The van der Waals surface area contributed by atoms with Crippen molar-refractivity contribution in [2.24, 2.45) is 16.8 Å². The van der Waals surface area contributed by atoms with Crippen LogP contribution in [0.1, 0.15) is 51.5 Å². The van der Waals surface area contributed by atoms with Crippen LogP contribution >= 0.6 is 0 Å². The molecule has 9 heteroatoms. The average molecular weight is 372 g/mol. The van der Waals surface area contributed by atoms with Crippen LogP contribution in [0.3, 0.4) is 0 Å². The first kappa shape index (κ1) is 17.7. The van der Waals surface area contributed by atoms with Gasteiger partial charge in [0.25, 0.3) is 0 Å². The maximum absolute atomic E-state index is 11.9. The Balaban J connectivity index is 1.92. The van der Waals surface area contributed by atoms with Gasteiger partial charge in [-0.15, -0.1) is 0 Å². The van der Waals surface area contributed by atoms with Gasteiger partial charge in [-0.05, 0) is 19.4 Å². The van der Waals surface area contributed by atoms with Gasteiger partial charge in [0.1, 0.15) is 23.5 Å². The summed E-state index contributed by atoms with van der Waals surface area (Å²) in [4.78, 5) is 16.2. The van der Waals surface area contributed by atoms with E-state index in [1.807, 2.05) is 13.0 Å². The summed E-state index contributed by atoms with van der Waals surface area (Å²) < 4.78 is 13.9. The quantitative estimate of drug-likeness (QED) is 0.816. The highest BCUT2D eigenvalue weighted by atomic mass is 16.6. The summed E-state index contributed by atoms with van der Waals surface area (Å²) in [6.07, 6.45) is 1.77. The Morgan fingerprint density at radius 3 is 2.89 bits per heavy atom. The molecule has 2 aromatic heterocycles. The van der Waals surface area contributed by atoms with E-state index in [0.717, 1.165) is 23.2 Å². The fraction of sp³-hybridized carbons (Fsp3) is 0.556. The summed E-state index contributed by atoms with van der Waals surface area (Å²) in [5.41, 5.74) is 7.61. The van der Waals surface area contributed by atoms with Crippen LogP contribution in [-0.2, 0) is 14.3 Å². The van der Waals surface area contributed by atoms with Crippen molar-refractivity contribution in [2.45, 2.75) is 51.9 Å². The number of hydrogen-bond donors (Lipinski definition) is 1. The Labute approximate surface area is 157 Å². The zero-order chi connectivity index (χ0) is 19.5. The van der Waals surface area contributed by atoms with Gasteiger partial charge in [0.05, 0.1) is 11.8 Å². The molecule has 2 aliphatic heterocycles. The van der Waals surface area contributed by atoms with Gasteiger partial charge in [0, 0.05) is 25.5 Å². The second-order valence-corrected chi connectivity index (χ2v) is 7.36. The van der Waals surface area contributed by atoms with Crippen LogP contribution in [0.4, 0.5) is 5.82 Å². The first-order valence-corrected chi connectivity index (χ1v) is 9.07. The van der Waals surface area contributed by atoms with Gasteiger partial charge in [-0.2, -0.15) is 10.2 Å². The van der Waals surface area contributed by atoms with Crippen molar-refractivity contribution in [1.29, 1.82) is 0 Å². The highest BCUT2D eigenvalue weighted by Gasteiger charge is 2.55. The summed E-state index contributed by atoms with van der Waals surface area (Å²) >= 11 is 0. The summed E-state index contributed by atoms with van der Waals surface area (Å²) in [7, 11) is 1.79. The third-order valence-electron chi connectivity index (χ3n) is 5.73. The maximum Gasteiger partial charge on any atom is 0.303 e. The molecule has 0 bridgehead atoms. The lowest BCUT2D eigenvalue weighted by Gasteiger charge is -2.32. The molecule has 2 N–H and O–H groups in total. The zero-order valence-corrected chi connectivity index (χ0v) is 16.1.